The molecule has 0 atom stereocenters. The van der Waals surface area contributed by atoms with Gasteiger partial charge in [-0.25, -0.2) is 0 Å². The Labute approximate surface area is 148 Å². The van der Waals surface area contributed by atoms with Crippen LogP contribution in [-0.2, 0) is 9.59 Å². The minimum Gasteiger partial charge on any atom is -0.484 e. The quantitative estimate of drug-likeness (QED) is 0.706. The number of ether oxygens (including phenoxy) is 1. The molecule has 2 amide bonds. The van der Waals surface area contributed by atoms with Crippen molar-refractivity contribution in [3.63, 3.8) is 0 Å². The predicted octanol–water partition coefficient (Wildman–Crippen LogP) is -0.811. The molecule has 1 aliphatic heterocycles. The van der Waals surface area contributed by atoms with Gasteiger partial charge < -0.3 is 19.9 Å². The van der Waals surface area contributed by atoms with Gasteiger partial charge in [0.1, 0.15) is 5.75 Å². The molecule has 0 spiro atoms. The third kappa shape index (κ3) is 6.08. The van der Waals surface area contributed by atoms with Gasteiger partial charge in [-0.2, -0.15) is 5.26 Å². The highest BCUT2D eigenvalue weighted by atomic mass is 16.5. The van der Waals surface area contributed by atoms with Gasteiger partial charge in [-0.15, -0.1) is 0 Å². The summed E-state index contributed by atoms with van der Waals surface area (Å²) in [7, 11) is 0. The van der Waals surface area contributed by atoms with Crippen molar-refractivity contribution in [1.29, 1.82) is 5.26 Å². The lowest BCUT2D eigenvalue weighted by Gasteiger charge is -2.32. The number of hydrogen-bond acceptors (Lipinski definition) is 4. The Hall–Kier alpha value is -2.59. The van der Waals surface area contributed by atoms with Gasteiger partial charge in [0.2, 0.25) is 0 Å². The lowest BCUT2D eigenvalue weighted by molar-refractivity contribution is -0.896. The zero-order valence-electron chi connectivity index (χ0n) is 14.7. The maximum absolute atomic E-state index is 12.2. The summed E-state index contributed by atoms with van der Waals surface area (Å²) in [6.07, 6.45) is 0. The first-order valence-electron chi connectivity index (χ1n) is 8.51. The molecule has 1 saturated heterocycles. The van der Waals surface area contributed by atoms with E-state index in [4.69, 9.17) is 10.00 Å². The number of benzene rings is 1. The van der Waals surface area contributed by atoms with Crippen LogP contribution in [0.5, 0.6) is 5.75 Å². The van der Waals surface area contributed by atoms with E-state index in [0.29, 0.717) is 30.9 Å². The third-order valence-electron chi connectivity index (χ3n) is 4.03. The Balaban J connectivity index is 1.71. The summed E-state index contributed by atoms with van der Waals surface area (Å²) >= 11 is 0. The Morgan fingerprint density at radius 2 is 1.92 bits per heavy atom. The Bertz CT molecular complexity index is 629. The SMILES string of the molecule is CC(C)NC(=O)C[NH+]1CCN(C(=O)COc2ccc(C#N)cc2)CC1. The molecule has 0 saturated carbocycles. The largest absolute Gasteiger partial charge is 0.484 e. The fourth-order valence-corrected chi connectivity index (χ4v) is 2.71. The highest BCUT2D eigenvalue weighted by Gasteiger charge is 2.25. The van der Waals surface area contributed by atoms with Crippen LogP contribution in [0.3, 0.4) is 0 Å². The highest BCUT2D eigenvalue weighted by molar-refractivity contribution is 5.78. The Morgan fingerprint density at radius 1 is 1.28 bits per heavy atom. The van der Waals surface area contributed by atoms with Crippen LogP contribution in [-0.4, -0.2) is 62.1 Å². The second-order valence-corrected chi connectivity index (χ2v) is 6.45. The van der Waals surface area contributed by atoms with E-state index in [9.17, 15) is 9.59 Å². The average Bonchev–Trinajstić information content (AvgIpc) is 2.60. The van der Waals surface area contributed by atoms with Gasteiger partial charge in [-0.3, -0.25) is 9.59 Å². The summed E-state index contributed by atoms with van der Waals surface area (Å²) in [5.41, 5.74) is 0.555. The molecule has 1 heterocycles. The maximum Gasteiger partial charge on any atom is 0.275 e. The van der Waals surface area contributed by atoms with Gasteiger partial charge in [-0.05, 0) is 38.1 Å². The van der Waals surface area contributed by atoms with Crippen LogP contribution in [0.15, 0.2) is 24.3 Å². The number of piperazine rings is 1. The van der Waals surface area contributed by atoms with Crippen molar-refractivity contribution in [3.05, 3.63) is 29.8 Å². The number of carbonyl (C=O) groups is 2. The van der Waals surface area contributed by atoms with Gasteiger partial charge in [0.25, 0.3) is 11.8 Å². The number of rotatable bonds is 6. The molecule has 1 aromatic rings. The molecule has 134 valence electrons. The van der Waals surface area contributed by atoms with Crippen molar-refractivity contribution in [3.8, 4) is 11.8 Å². The molecule has 0 unspecified atom stereocenters. The van der Waals surface area contributed by atoms with Gasteiger partial charge in [0.05, 0.1) is 37.8 Å². The number of nitriles is 1. The zero-order chi connectivity index (χ0) is 18.2. The van der Waals surface area contributed by atoms with Crippen LogP contribution in [0.1, 0.15) is 19.4 Å². The number of quaternary nitrogens is 1. The van der Waals surface area contributed by atoms with Crippen LogP contribution in [0.25, 0.3) is 0 Å². The first kappa shape index (κ1) is 18.7. The van der Waals surface area contributed by atoms with Crippen molar-refractivity contribution in [1.82, 2.24) is 10.2 Å². The zero-order valence-corrected chi connectivity index (χ0v) is 14.7. The fourth-order valence-electron chi connectivity index (χ4n) is 2.71. The molecule has 2 N–H and O–H groups in total. The molecule has 7 heteroatoms. The molecule has 1 aliphatic rings. The second kappa shape index (κ2) is 9.04. The standard InChI is InChI=1S/C18H24N4O3/c1-14(2)20-17(23)12-21-7-9-22(10-8-21)18(24)13-25-16-5-3-15(11-19)4-6-16/h3-6,14H,7-10,12-13H2,1-2H3,(H,20,23)/p+1. The molecule has 0 aliphatic carbocycles. The lowest BCUT2D eigenvalue weighted by atomic mass is 10.2. The van der Waals surface area contributed by atoms with E-state index < -0.39 is 0 Å². The van der Waals surface area contributed by atoms with Crippen LogP contribution < -0.4 is 15.0 Å². The molecule has 1 aromatic carbocycles. The summed E-state index contributed by atoms with van der Waals surface area (Å²) in [6, 6.07) is 8.86. The van der Waals surface area contributed by atoms with Crippen LogP contribution in [0.2, 0.25) is 0 Å². The number of carbonyl (C=O) groups excluding carboxylic acids is 2. The molecule has 1 fully saturated rings. The van der Waals surface area contributed by atoms with E-state index in [-0.39, 0.29) is 24.5 Å². The predicted molar refractivity (Wildman–Crippen MR) is 92.1 cm³/mol. The summed E-state index contributed by atoms with van der Waals surface area (Å²) in [5.74, 6) is 0.561. The van der Waals surface area contributed by atoms with Crippen molar-refractivity contribution in [2.45, 2.75) is 19.9 Å². The average molecular weight is 345 g/mol. The van der Waals surface area contributed by atoms with E-state index in [1.54, 1.807) is 29.2 Å². The topological polar surface area (TPSA) is 86.9 Å². The summed E-state index contributed by atoms with van der Waals surface area (Å²) in [4.78, 5) is 27.0. The minimum absolute atomic E-state index is 0.0188. The maximum atomic E-state index is 12.2. The number of nitrogens with zero attached hydrogens (tertiary/aromatic N) is 2. The second-order valence-electron chi connectivity index (χ2n) is 6.45. The molecule has 0 bridgehead atoms. The van der Waals surface area contributed by atoms with E-state index >= 15 is 0 Å². The molecular formula is C18H25N4O3+. The molecule has 0 aromatic heterocycles. The Kier molecular flexibility index (Phi) is 6.78. The summed E-state index contributed by atoms with van der Waals surface area (Å²) < 4.78 is 5.48. The molecular weight excluding hydrogens is 320 g/mol. The number of amides is 2. The number of nitrogens with one attached hydrogen (secondary N) is 2. The number of hydrogen-bond donors (Lipinski definition) is 2. The van der Waals surface area contributed by atoms with Crippen molar-refractivity contribution < 1.29 is 19.2 Å². The monoisotopic (exact) mass is 345 g/mol. The van der Waals surface area contributed by atoms with Crippen molar-refractivity contribution in [2.75, 3.05) is 39.3 Å². The molecule has 7 nitrogen and oxygen atoms in total. The first-order chi connectivity index (χ1) is 12.0. The van der Waals surface area contributed by atoms with E-state index in [2.05, 4.69) is 5.32 Å². The van der Waals surface area contributed by atoms with E-state index in [1.165, 1.54) is 4.90 Å². The highest BCUT2D eigenvalue weighted by Crippen LogP contribution is 2.11. The van der Waals surface area contributed by atoms with E-state index in [0.717, 1.165) is 13.1 Å². The fraction of sp³-hybridized carbons (Fsp3) is 0.500. The van der Waals surface area contributed by atoms with Crippen molar-refractivity contribution >= 4 is 11.8 Å². The van der Waals surface area contributed by atoms with Crippen LogP contribution >= 0.6 is 0 Å². The van der Waals surface area contributed by atoms with Crippen LogP contribution in [0, 0.1) is 11.3 Å². The van der Waals surface area contributed by atoms with Crippen molar-refractivity contribution in [2.24, 2.45) is 0 Å². The van der Waals surface area contributed by atoms with E-state index in [1.807, 2.05) is 19.9 Å². The first-order valence-corrected chi connectivity index (χ1v) is 8.51. The van der Waals surface area contributed by atoms with Gasteiger partial charge in [0, 0.05) is 6.04 Å². The summed E-state index contributed by atoms with van der Waals surface area (Å²) in [5, 5.41) is 11.6. The normalized spacial score (nSPS) is 14.9. The summed E-state index contributed by atoms with van der Waals surface area (Å²) in [6.45, 7) is 7.08. The smallest absolute Gasteiger partial charge is 0.275 e. The lowest BCUT2D eigenvalue weighted by Crippen LogP contribution is -3.16. The molecule has 0 radical (unpaired) electrons. The molecule has 25 heavy (non-hydrogen) atoms. The van der Waals surface area contributed by atoms with Gasteiger partial charge in [-0.1, -0.05) is 0 Å². The minimum atomic E-state index is -0.0601. The molecule has 2 rings (SSSR count). The van der Waals surface area contributed by atoms with Gasteiger partial charge in [0.15, 0.2) is 13.2 Å². The third-order valence-corrected chi connectivity index (χ3v) is 4.03. The Morgan fingerprint density at radius 3 is 2.48 bits per heavy atom. The van der Waals surface area contributed by atoms with Gasteiger partial charge >= 0.3 is 0 Å². The van der Waals surface area contributed by atoms with Crippen LogP contribution in [0.4, 0.5) is 0 Å².